The lowest BCUT2D eigenvalue weighted by atomic mass is 9.58. The predicted molar refractivity (Wildman–Crippen MR) is 202 cm³/mol. The van der Waals surface area contributed by atoms with Crippen molar-refractivity contribution in [2.75, 3.05) is 27.1 Å². The highest BCUT2D eigenvalue weighted by Crippen LogP contribution is 2.53. The molecule has 0 bridgehead atoms. The Hall–Kier alpha value is -2.52. The van der Waals surface area contributed by atoms with Gasteiger partial charge in [-0.2, -0.15) is 0 Å². The molecule has 0 amide bonds. The van der Waals surface area contributed by atoms with E-state index in [1.165, 1.54) is 11.1 Å². The third-order valence-electron chi connectivity index (χ3n) is 11.6. The van der Waals surface area contributed by atoms with Crippen LogP contribution < -0.4 is 4.74 Å². The Morgan fingerprint density at radius 1 is 0.939 bits per heavy atom. The minimum atomic E-state index is -1.97. The van der Waals surface area contributed by atoms with Crippen LogP contribution in [-0.2, 0) is 31.9 Å². The van der Waals surface area contributed by atoms with Gasteiger partial charge in [0.15, 0.2) is 8.32 Å². The summed E-state index contributed by atoms with van der Waals surface area (Å²) < 4.78 is 31.2. The van der Waals surface area contributed by atoms with E-state index >= 15 is 0 Å². The van der Waals surface area contributed by atoms with Crippen molar-refractivity contribution in [2.24, 2.45) is 16.7 Å². The smallest absolute Gasteiger partial charge is 0.192 e. The van der Waals surface area contributed by atoms with Gasteiger partial charge in [-0.1, -0.05) is 108 Å². The maximum absolute atomic E-state index is 12.6. The van der Waals surface area contributed by atoms with Crippen LogP contribution in [0, 0.1) is 16.7 Å². The predicted octanol–water partition coefficient (Wildman–Crippen LogP) is 9.80. The molecule has 0 aromatic heterocycles. The number of methoxy groups -OCH3 is 1. The maximum atomic E-state index is 12.6. The van der Waals surface area contributed by atoms with Crippen LogP contribution in [0.3, 0.4) is 0 Å². The van der Waals surface area contributed by atoms with Crippen LogP contribution in [0.2, 0.25) is 18.1 Å². The number of aliphatic hydroxyl groups excluding tert-OH is 1. The molecule has 1 fully saturated rings. The summed E-state index contributed by atoms with van der Waals surface area (Å²) in [6.45, 7) is 26.9. The van der Waals surface area contributed by atoms with Gasteiger partial charge in [-0.05, 0) is 78.7 Å². The molecule has 2 aliphatic rings. The summed E-state index contributed by atoms with van der Waals surface area (Å²) in [7, 11) is -0.305. The number of hydrogen-bond acceptors (Lipinski definition) is 6. The van der Waals surface area contributed by atoms with Crippen LogP contribution in [0.5, 0.6) is 5.75 Å². The van der Waals surface area contributed by atoms with Gasteiger partial charge in [0.1, 0.15) is 12.5 Å². The zero-order chi connectivity index (χ0) is 36.0. The van der Waals surface area contributed by atoms with Gasteiger partial charge in [-0.3, -0.25) is 0 Å². The lowest BCUT2D eigenvalue weighted by molar-refractivity contribution is -0.176. The van der Waals surface area contributed by atoms with Gasteiger partial charge in [0, 0.05) is 16.7 Å². The maximum Gasteiger partial charge on any atom is 0.192 e. The molecule has 49 heavy (non-hydrogen) atoms. The second-order valence-corrected chi connectivity index (χ2v) is 21.2. The number of aliphatic hydroxyl groups is 1. The second-order valence-electron chi connectivity index (χ2n) is 16.4. The topological polar surface area (TPSA) is 66.4 Å². The van der Waals surface area contributed by atoms with Crippen molar-refractivity contribution in [3.8, 4) is 5.75 Å². The van der Waals surface area contributed by atoms with Crippen LogP contribution in [0.15, 0.2) is 89.5 Å². The fourth-order valence-corrected chi connectivity index (χ4v) is 8.21. The minimum Gasteiger partial charge on any atom is -0.497 e. The standard InChI is InChI=1S/C42H62O6Si/c1-30-17-23-35(41(6,7)36(30)27-48-49(10,11)40(3,4)5)39(43)38-31(2)18-24-37(47-29-46-26-32-15-13-12-14-16-32)42(38,8)28-45-25-33-19-21-34(44-9)22-20-33/h12-16,19-23,37-39,43H,2,17-18,24-29H2,1,3-11H3/t37-,38-,39+,42+/m0/s1. The van der Waals surface area contributed by atoms with E-state index < -0.39 is 19.8 Å². The first-order valence-electron chi connectivity index (χ1n) is 17.8. The molecule has 7 heteroatoms. The van der Waals surface area contributed by atoms with Crippen molar-refractivity contribution in [3.63, 3.8) is 0 Å². The molecule has 270 valence electrons. The Labute approximate surface area is 297 Å². The van der Waals surface area contributed by atoms with E-state index in [1.807, 2.05) is 42.5 Å². The molecule has 0 unspecified atom stereocenters. The molecule has 0 spiro atoms. The first-order valence-corrected chi connectivity index (χ1v) is 20.8. The third-order valence-corrected chi connectivity index (χ3v) is 16.0. The fraction of sp³-hybridized carbons (Fsp3) is 0.571. The summed E-state index contributed by atoms with van der Waals surface area (Å²) in [6, 6.07) is 18.1. The van der Waals surface area contributed by atoms with Crippen LogP contribution >= 0.6 is 0 Å². The summed E-state index contributed by atoms with van der Waals surface area (Å²) >= 11 is 0. The summed E-state index contributed by atoms with van der Waals surface area (Å²) in [5.74, 6) is 0.538. The van der Waals surface area contributed by atoms with Gasteiger partial charge in [-0.15, -0.1) is 0 Å². The summed E-state index contributed by atoms with van der Waals surface area (Å²) in [5.41, 5.74) is 5.87. The highest BCUT2D eigenvalue weighted by molar-refractivity contribution is 6.74. The van der Waals surface area contributed by atoms with E-state index in [2.05, 4.69) is 86.3 Å². The second kappa shape index (κ2) is 16.2. The van der Waals surface area contributed by atoms with Crippen molar-refractivity contribution in [1.29, 1.82) is 0 Å². The lowest BCUT2D eigenvalue weighted by Crippen LogP contribution is -2.54. The van der Waals surface area contributed by atoms with Crippen molar-refractivity contribution in [3.05, 3.63) is 101 Å². The lowest BCUT2D eigenvalue weighted by Gasteiger charge is -2.52. The quantitative estimate of drug-likeness (QED) is 0.0869. The summed E-state index contributed by atoms with van der Waals surface area (Å²) in [4.78, 5) is 0. The van der Waals surface area contributed by atoms with Gasteiger partial charge in [0.25, 0.3) is 0 Å². The zero-order valence-corrected chi connectivity index (χ0v) is 32.9. The van der Waals surface area contributed by atoms with Crippen LogP contribution in [-0.4, -0.2) is 52.7 Å². The summed E-state index contributed by atoms with van der Waals surface area (Å²) in [6.07, 6.45) is 3.63. The SMILES string of the molecule is C=C1CC[C@H](OCOCc2ccccc2)[C@@](C)(COCc2ccc(OC)cc2)[C@@H]1[C@H](O)C1=CCC(C)=C(CO[Si](C)(C)C(C)(C)C)C1(C)C. The molecule has 4 atom stereocenters. The molecule has 0 aliphatic heterocycles. The highest BCUT2D eigenvalue weighted by atomic mass is 28.4. The minimum absolute atomic E-state index is 0.117. The Morgan fingerprint density at radius 2 is 1.57 bits per heavy atom. The Morgan fingerprint density at radius 3 is 2.20 bits per heavy atom. The number of hydrogen-bond donors (Lipinski definition) is 1. The number of ether oxygens (including phenoxy) is 4. The number of benzene rings is 2. The van der Waals surface area contributed by atoms with Crippen molar-refractivity contribution in [1.82, 2.24) is 0 Å². The average Bonchev–Trinajstić information content (AvgIpc) is 3.03. The van der Waals surface area contributed by atoms with Crippen LogP contribution in [0.25, 0.3) is 0 Å². The Balaban J connectivity index is 1.58. The molecule has 1 N–H and O–H groups in total. The molecule has 0 radical (unpaired) electrons. The van der Waals surface area contributed by atoms with Gasteiger partial charge in [-0.25, -0.2) is 0 Å². The first-order chi connectivity index (χ1) is 23.0. The van der Waals surface area contributed by atoms with Crippen LogP contribution in [0.4, 0.5) is 0 Å². The van der Waals surface area contributed by atoms with Gasteiger partial charge in [0.2, 0.25) is 0 Å². The molecule has 0 heterocycles. The number of rotatable bonds is 15. The Bertz CT molecular complexity index is 1450. The third kappa shape index (κ3) is 9.24. The van der Waals surface area contributed by atoms with E-state index in [1.54, 1.807) is 7.11 Å². The van der Waals surface area contributed by atoms with Crippen molar-refractivity contribution in [2.45, 2.75) is 111 Å². The molecular weight excluding hydrogens is 629 g/mol. The molecule has 2 aromatic carbocycles. The van der Waals surface area contributed by atoms with E-state index in [4.69, 9.17) is 23.4 Å². The molecule has 4 rings (SSSR count). The number of allylic oxidation sites excluding steroid dienone is 2. The first kappa shape index (κ1) is 39.3. The normalized spacial score (nSPS) is 23.7. The molecule has 2 aromatic rings. The fourth-order valence-electron chi connectivity index (χ4n) is 7.28. The molecule has 1 saturated carbocycles. The summed E-state index contributed by atoms with van der Waals surface area (Å²) in [5, 5.41) is 12.7. The van der Waals surface area contributed by atoms with Crippen molar-refractivity contribution < 1.29 is 28.5 Å². The van der Waals surface area contributed by atoms with Gasteiger partial charge in [0.05, 0.1) is 45.7 Å². The van der Waals surface area contributed by atoms with E-state index in [0.717, 1.165) is 47.3 Å². The highest BCUT2D eigenvalue weighted by Gasteiger charge is 2.52. The largest absolute Gasteiger partial charge is 0.497 e. The van der Waals surface area contributed by atoms with Crippen LogP contribution in [0.1, 0.15) is 78.9 Å². The zero-order valence-electron chi connectivity index (χ0n) is 31.9. The molecule has 2 aliphatic carbocycles. The van der Waals surface area contributed by atoms with Gasteiger partial charge < -0.3 is 28.5 Å². The molecule has 6 nitrogen and oxygen atoms in total. The Kier molecular flexibility index (Phi) is 13.0. The van der Waals surface area contributed by atoms with Crippen molar-refractivity contribution >= 4 is 8.32 Å². The van der Waals surface area contributed by atoms with Gasteiger partial charge >= 0.3 is 0 Å². The van der Waals surface area contributed by atoms with E-state index in [9.17, 15) is 5.11 Å². The average molecular weight is 691 g/mol. The monoisotopic (exact) mass is 690 g/mol. The van der Waals surface area contributed by atoms with E-state index in [0.29, 0.717) is 26.4 Å². The molecule has 0 saturated heterocycles. The van der Waals surface area contributed by atoms with E-state index in [-0.39, 0.29) is 29.3 Å². The molecular formula is C42H62O6Si.